The number of carbonyl (C=O) groups is 2. The summed E-state index contributed by atoms with van der Waals surface area (Å²) in [6.45, 7) is 6.23. The third-order valence-electron chi connectivity index (χ3n) is 6.50. The van der Waals surface area contributed by atoms with Crippen molar-refractivity contribution in [3.05, 3.63) is 45.8 Å². The van der Waals surface area contributed by atoms with Gasteiger partial charge in [0.15, 0.2) is 16.4 Å². The number of nitriles is 1. The molecule has 0 fully saturated rings. The minimum atomic E-state index is -3.37. The Kier molecular flexibility index (Phi) is 7.29. The highest BCUT2D eigenvalue weighted by Gasteiger charge is 2.34. The monoisotopic (exact) mass is 488 g/mol. The van der Waals surface area contributed by atoms with Crippen LogP contribution in [0, 0.1) is 22.7 Å². The number of sulfone groups is 1. The lowest BCUT2D eigenvalue weighted by atomic mass is 9.69. The molecule has 1 N–H and O–H groups in total. The number of carbonyl (C=O) groups excluding carboxylic acids is 2. The van der Waals surface area contributed by atoms with Crippen molar-refractivity contribution in [2.24, 2.45) is 11.3 Å². The molecule has 0 saturated carbocycles. The van der Waals surface area contributed by atoms with Crippen molar-refractivity contribution in [3.63, 3.8) is 0 Å². The Labute approximate surface area is 198 Å². The average Bonchev–Trinajstić information content (AvgIpc) is 3.12. The van der Waals surface area contributed by atoms with Crippen LogP contribution >= 0.6 is 11.3 Å². The highest BCUT2D eigenvalue weighted by molar-refractivity contribution is 7.90. The molecule has 1 aromatic heterocycles. The molecule has 1 aliphatic carbocycles. The van der Waals surface area contributed by atoms with Gasteiger partial charge in [0.25, 0.3) is 5.91 Å². The second-order valence-corrected chi connectivity index (χ2v) is 12.1. The molecular formula is C24H28N2O5S2. The van der Waals surface area contributed by atoms with Crippen molar-refractivity contribution in [3.8, 4) is 6.07 Å². The molecular weight excluding hydrogens is 460 g/mol. The second-order valence-electron chi connectivity index (χ2n) is 9.02. The van der Waals surface area contributed by atoms with E-state index in [1.807, 2.05) is 0 Å². The van der Waals surface area contributed by atoms with Crippen LogP contribution in [0.25, 0.3) is 0 Å². The number of ether oxygens (including phenoxy) is 1. The number of anilines is 1. The fourth-order valence-corrected chi connectivity index (χ4v) is 5.89. The van der Waals surface area contributed by atoms with Crippen LogP contribution in [0.5, 0.6) is 0 Å². The van der Waals surface area contributed by atoms with Gasteiger partial charge < -0.3 is 10.1 Å². The Morgan fingerprint density at radius 2 is 1.94 bits per heavy atom. The number of amides is 1. The van der Waals surface area contributed by atoms with Crippen LogP contribution in [-0.2, 0) is 32.2 Å². The summed E-state index contributed by atoms with van der Waals surface area (Å²) in [7, 11) is -3.37. The fraction of sp³-hybridized carbons (Fsp3) is 0.458. The van der Waals surface area contributed by atoms with E-state index in [4.69, 9.17) is 4.74 Å². The van der Waals surface area contributed by atoms with Crippen LogP contribution in [-0.4, -0.2) is 33.2 Å². The summed E-state index contributed by atoms with van der Waals surface area (Å²) in [6.07, 6.45) is 4.88. The molecule has 1 heterocycles. The predicted molar refractivity (Wildman–Crippen MR) is 127 cm³/mol. The Hall–Kier alpha value is -2.70. The first-order chi connectivity index (χ1) is 15.5. The number of benzene rings is 1. The van der Waals surface area contributed by atoms with Gasteiger partial charge in [-0.3, -0.25) is 4.79 Å². The van der Waals surface area contributed by atoms with Crippen molar-refractivity contribution >= 4 is 38.1 Å². The quantitative estimate of drug-likeness (QED) is 0.579. The zero-order valence-corrected chi connectivity index (χ0v) is 20.9. The van der Waals surface area contributed by atoms with Crippen molar-refractivity contribution in [2.75, 3.05) is 18.2 Å². The third kappa shape index (κ3) is 5.63. The molecule has 1 aromatic carbocycles. The van der Waals surface area contributed by atoms with E-state index in [0.29, 0.717) is 16.5 Å². The minimum absolute atomic E-state index is 0.0899. The number of fused-ring (bicyclic) bond motifs is 1. The maximum absolute atomic E-state index is 12.4. The molecule has 7 nitrogen and oxygen atoms in total. The van der Waals surface area contributed by atoms with E-state index < -0.39 is 28.3 Å². The van der Waals surface area contributed by atoms with Crippen molar-refractivity contribution in [1.82, 2.24) is 0 Å². The average molecular weight is 489 g/mol. The van der Waals surface area contributed by atoms with Gasteiger partial charge in [-0.1, -0.05) is 27.2 Å². The summed E-state index contributed by atoms with van der Waals surface area (Å²) in [5.74, 6) is -0.740. The molecule has 1 aliphatic rings. The van der Waals surface area contributed by atoms with E-state index in [2.05, 4.69) is 32.2 Å². The lowest BCUT2D eigenvalue weighted by molar-refractivity contribution is -0.119. The summed E-state index contributed by atoms with van der Waals surface area (Å²) in [6, 6.07) is 7.53. The van der Waals surface area contributed by atoms with E-state index in [-0.39, 0.29) is 15.9 Å². The lowest BCUT2D eigenvalue weighted by Crippen LogP contribution is -2.28. The zero-order valence-electron chi connectivity index (χ0n) is 19.2. The van der Waals surface area contributed by atoms with Gasteiger partial charge in [-0.2, -0.15) is 5.26 Å². The first kappa shape index (κ1) is 24.9. The smallest absolute Gasteiger partial charge is 0.338 e. The highest BCUT2D eigenvalue weighted by atomic mass is 32.2. The maximum Gasteiger partial charge on any atom is 0.338 e. The molecule has 1 unspecified atom stereocenters. The topological polar surface area (TPSA) is 113 Å². The molecule has 2 aromatic rings. The molecule has 33 heavy (non-hydrogen) atoms. The first-order valence-corrected chi connectivity index (χ1v) is 13.5. The minimum Gasteiger partial charge on any atom is -0.452 e. The largest absolute Gasteiger partial charge is 0.452 e. The summed E-state index contributed by atoms with van der Waals surface area (Å²) in [4.78, 5) is 25.8. The van der Waals surface area contributed by atoms with Crippen molar-refractivity contribution in [1.29, 1.82) is 5.26 Å². The van der Waals surface area contributed by atoms with Gasteiger partial charge in [0.2, 0.25) is 0 Å². The third-order valence-corrected chi connectivity index (χ3v) is 8.80. The summed E-state index contributed by atoms with van der Waals surface area (Å²) >= 11 is 1.43. The van der Waals surface area contributed by atoms with E-state index in [9.17, 15) is 23.3 Å². The van der Waals surface area contributed by atoms with E-state index in [1.165, 1.54) is 35.6 Å². The van der Waals surface area contributed by atoms with Gasteiger partial charge in [-0.15, -0.1) is 11.3 Å². The van der Waals surface area contributed by atoms with Gasteiger partial charge in [0.05, 0.1) is 16.0 Å². The van der Waals surface area contributed by atoms with Crippen LogP contribution in [0.15, 0.2) is 29.2 Å². The standard InChI is InChI=1S/C24H28N2O5S2/c1-5-24(2,3)16-8-11-18-19(13-25)22(32-20(18)12-16)26-21(27)14-31-23(28)15-6-9-17(10-7-15)33(4,29)30/h6-7,9-10,16H,5,8,11-12,14H2,1-4H3,(H,26,27). The molecule has 0 aliphatic heterocycles. The van der Waals surface area contributed by atoms with Crippen LogP contribution in [0.1, 0.15) is 60.0 Å². The number of nitrogens with zero attached hydrogens (tertiary/aromatic N) is 1. The van der Waals surface area contributed by atoms with Crippen LogP contribution in [0.2, 0.25) is 0 Å². The number of esters is 1. The molecule has 0 bridgehead atoms. The molecule has 0 radical (unpaired) electrons. The zero-order chi connectivity index (χ0) is 24.4. The number of rotatable bonds is 7. The Morgan fingerprint density at radius 3 is 2.52 bits per heavy atom. The lowest BCUT2D eigenvalue weighted by Gasteiger charge is -2.36. The van der Waals surface area contributed by atoms with E-state index >= 15 is 0 Å². The molecule has 9 heteroatoms. The maximum atomic E-state index is 12.4. The number of nitrogens with one attached hydrogen (secondary N) is 1. The fourth-order valence-electron chi connectivity index (χ4n) is 3.96. The van der Waals surface area contributed by atoms with Gasteiger partial charge in [-0.05, 0) is 60.4 Å². The van der Waals surface area contributed by atoms with Crippen LogP contribution in [0.3, 0.4) is 0 Å². The Morgan fingerprint density at radius 1 is 1.27 bits per heavy atom. The predicted octanol–water partition coefficient (Wildman–Crippen LogP) is 4.36. The van der Waals surface area contributed by atoms with Crippen molar-refractivity contribution < 1.29 is 22.7 Å². The van der Waals surface area contributed by atoms with Crippen LogP contribution in [0.4, 0.5) is 5.00 Å². The SMILES string of the molecule is CCC(C)(C)C1CCc2c(sc(NC(=O)COC(=O)c3ccc(S(C)(=O)=O)cc3)c2C#N)C1. The van der Waals surface area contributed by atoms with Gasteiger partial charge in [-0.25, -0.2) is 13.2 Å². The summed E-state index contributed by atoms with van der Waals surface area (Å²) in [5, 5.41) is 12.9. The molecule has 1 amide bonds. The first-order valence-electron chi connectivity index (χ1n) is 10.8. The molecule has 0 saturated heterocycles. The van der Waals surface area contributed by atoms with Gasteiger partial charge in [0.1, 0.15) is 11.1 Å². The second kappa shape index (κ2) is 9.65. The summed E-state index contributed by atoms with van der Waals surface area (Å²) < 4.78 is 28.1. The Balaban J connectivity index is 1.64. The molecule has 0 spiro atoms. The van der Waals surface area contributed by atoms with E-state index in [0.717, 1.165) is 42.4 Å². The normalized spacial score (nSPS) is 15.9. The summed E-state index contributed by atoms with van der Waals surface area (Å²) in [5.41, 5.74) is 1.87. The highest BCUT2D eigenvalue weighted by Crippen LogP contribution is 2.45. The van der Waals surface area contributed by atoms with Gasteiger partial charge in [0, 0.05) is 11.1 Å². The van der Waals surface area contributed by atoms with Crippen molar-refractivity contribution in [2.45, 2.75) is 51.3 Å². The van der Waals surface area contributed by atoms with Crippen LogP contribution < -0.4 is 5.32 Å². The molecule has 176 valence electrons. The van der Waals surface area contributed by atoms with Gasteiger partial charge >= 0.3 is 5.97 Å². The molecule has 3 rings (SSSR count). The molecule has 1 atom stereocenters. The number of thiophene rings is 1. The Bertz CT molecular complexity index is 1200. The van der Waals surface area contributed by atoms with E-state index in [1.54, 1.807) is 0 Å². The number of hydrogen-bond donors (Lipinski definition) is 1. The number of hydrogen-bond acceptors (Lipinski definition) is 7.